The molecule has 3 nitrogen and oxygen atoms in total. The van der Waals surface area contributed by atoms with Crippen LogP contribution in [-0.4, -0.2) is 14.9 Å². The predicted octanol–water partition coefficient (Wildman–Crippen LogP) is 1.61. The first-order chi connectivity index (χ1) is 5.16. The zero-order valence-electron chi connectivity index (χ0n) is 6.58. The van der Waals surface area contributed by atoms with Gasteiger partial charge in [-0.2, -0.15) is 5.10 Å². The summed E-state index contributed by atoms with van der Waals surface area (Å²) in [5.74, 6) is 0.289. The van der Waals surface area contributed by atoms with Gasteiger partial charge in [0.1, 0.15) is 6.73 Å². The SMILES string of the molecule is CC(C)c1c(Cl)cnn1CO. The van der Waals surface area contributed by atoms with E-state index in [0.717, 1.165) is 5.69 Å². The van der Waals surface area contributed by atoms with Crippen molar-refractivity contribution in [3.05, 3.63) is 16.9 Å². The van der Waals surface area contributed by atoms with E-state index in [1.54, 1.807) is 6.20 Å². The molecule has 62 valence electrons. The second-order valence-electron chi connectivity index (χ2n) is 2.67. The van der Waals surface area contributed by atoms with Crippen molar-refractivity contribution in [1.82, 2.24) is 9.78 Å². The molecule has 0 fully saturated rings. The Bertz CT molecular complexity index is 245. The minimum atomic E-state index is -0.111. The maximum absolute atomic E-state index is 8.82. The highest BCUT2D eigenvalue weighted by atomic mass is 35.5. The second kappa shape index (κ2) is 3.24. The minimum Gasteiger partial charge on any atom is -0.374 e. The molecule has 1 N–H and O–H groups in total. The van der Waals surface area contributed by atoms with Gasteiger partial charge in [-0.3, -0.25) is 0 Å². The fourth-order valence-corrected chi connectivity index (χ4v) is 1.42. The Labute approximate surface area is 70.6 Å². The molecular weight excluding hydrogens is 164 g/mol. The summed E-state index contributed by atoms with van der Waals surface area (Å²) in [6, 6.07) is 0. The largest absolute Gasteiger partial charge is 0.374 e. The van der Waals surface area contributed by atoms with Gasteiger partial charge >= 0.3 is 0 Å². The van der Waals surface area contributed by atoms with E-state index in [1.165, 1.54) is 4.68 Å². The van der Waals surface area contributed by atoms with Crippen molar-refractivity contribution in [1.29, 1.82) is 0 Å². The van der Waals surface area contributed by atoms with Crippen molar-refractivity contribution in [2.45, 2.75) is 26.5 Å². The molecule has 0 aromatic carbocycles. The van der Waals surface area contributed by atoms with Crippen molar-refractivity contribution in [2.24, 2.45) is 0 Å². The zero-order valence-corrected chi connectivity index (χ0v) is 7.34. The van der Waals surface area contributed by atoms with Crippen molar-refractivity contribution in [2.75, 3.05) is 0 Å². The topological polar surface area (TPSA) is 38.0 Å². The molecule has 4 heteroatoms. The average molecular weight is 175 g/mol. The van der Waals surface area contributed by atoms with Gasteiger partial charge in [0.05, 0.1) is 16.9 Å². The maximum Gasteiger partial charge on any atom is 0.136 e. The number of aliphatic hydroxyl groups is 1. The Morgan fingerprint density at radius 3 is 2.73 bits per heavy atom. The number of aromatic nitrogens is 2. The average Bonchev–Trinajstić information content (AvgIpc) is 2.30. The molecule has 0 bridgehead atoms. The molecule has 0 atom stereocenters. The quantitative estimate of drug-likeness (QED) is 0.740. The first kappa shape index (κ1) is 8.56. The lowest BCUT2D eigenvalue weighted by Crippen LogP contribution is -2.05. The number of halogens is 1. The van der Waals surface area contributed by atoms with Gasteiger partial charge in [0.25, 0.3) is 0 Å². The molecule has 0 saturated heterocycles. The third kappa shape index (κ3) is 1.54. The van der Waals surface area contributed by atoms with Crippen LogP contribution in [0.5, 0.6) is 0 Å². The van der Waals surface area contributed by atoms with Crippen LogP contribution in [0.1, 0.15) is 25.5 Å². The molecule has 0 saturated carbocycles. The van der Waals surface area contributed by atoms with Crippen LogP contribution >= 0.6 is 11.6 Å². The fourth-order valence-electron chi connectivity index (χ4n) is 1.06. The van der Waals surface area contributed by atoms with Crippen LogP contribution in [0.2, 0.25) is 5.02 Å². The van der Waals surface area contributed by atoms with E-state index in [0.29, 0.717) is 5.02 Å². The Kier molecular flexibility index (Phi) is 2.52. The summed E-state index contributed by atoms with van der Waals surface area (Å²) < 4.78 is 1.49. The van der Waals surface area contributed by atoms with Gasteiger partial charge in [-0.1, -0.05) is 25.4 Å². The van der Waals surface area contributed by atoms with E-state index >= 15 is 0 Å². The van der Waals surface area contributed by atoms with Gasteiger partial charge in [0.2, 0.25) is 0 Å². The fraction of sp³-hybridized carbons (Fsp3) is 0.571. The normalized spacial score (nSPS) is 11.0. The first-order valence-electron chi connectivity index (χ1n) is 3.49. The van der Waals surface area contributed by atoms with E-state index in [2.05, 4.69) is 5.10 Å². The van der Waals surface area contributed by atoms with Gasteiger partial charge in [0, 0.05) is 0 Å². The van der Waals surface area contributed by atoms with Crippen LogP contribution in [0, 0.1) is 0 Å². The van der Waals surface area contributed by atoms with E-state index in [1.807, 2.05) is 13.8 Å². The number of aliphatic hydroxyl groups excluding tert-OH is 1. The van der Waals surface area contributed by atoms with Crippen LogP contribution in [-0.2, 0) is 6.73 Å². The van der Waals surface area contributed by atoms with Gasteiger partial charge in [-0.05, 0) is 5.92 Å². The Balaban J connectivity index is 3.07. The highest BCUT2D eigenvalue weighted by Gasteiger charge is 2.11. The number of hydrogen-bond donors (Lipinski definition) is 1. The van der Waals surface area contributed by atoms with Gasteiger partial charge < -0.3 is 5.11 Å². The van der Waals surface area contributed by atoms with Gasteiger partial charge in [0.15, 0.2) is 0 Å². The molecule has 0 spiro atoms. The summed E-state index contributed by atoms with van der Waals surface area (Å²) in [4.78, 5) is 0. The van der Waals surface area contributed by atoms with E-state index in [-0.39, 0.29) is 12.6 Å². The van der Waals surface area contributed by atoms with Crippen molar-refractivity contribution < 1.29 is 5.11 Å². The molecule has 1 aromatic rings. The molecule has 0 unspecified atom stereocenters. The lowest BCUT2D eigenvalue weighted by atomic mass is 10.1. The molecule has 0 aliphatic heterocycles. The molecule has 1 heterocycles. The lowest BCUT2D eigenvalue weighted by Gasteiger charge is -2.07. The van der Waals surface area contributed by atoms with Crippen molar-refractivity contribution >= 4 is 11.6 Å². The molecule has 0 amide bonds. The number of rotatable bonds is 2. The third-order valence-electron chi connectivity index (χ3n) is 1.51. The van der Waals surface area contributed by atoms with Gasteiger partial charge in [-0.25, -0.2) is 4.68 Å². The smallest absolute Gasteiger partial charge is 0.136 e. The number of hydrogen-bond acceptors (Lipinski definition) is 2. The summed E-state index contributed by atoms with van der Waals surface area (Å²) in [5, 5.41) is 13.3. The molecular formula is C7H11ClN2O. The molecule has 0 aliphatic rings. The Morgan fingerprint density at radius 1 is 1.73 bits per heavy atom. The molecule has 1 aromatic heterocycles. The summed E-state index contributed by atoms with van der Waals surface area (Å²) in [7, 11) is 0. The molecule has 0 radical (unpaired) electrons. The van der Waals surface area contributed by atoms with E-state index < -0.39 is 0 Å². The Hall–Kier alpha value is -0.540. The zero-order chi connectivity index (χ0) is 8.43. The summed E-state index contributed by atoms with van der Waals surface area (Å²) in [6.07, 6.45) is 1.55. The Morgan fingerprint density at radius 2 is 2.36 bits per heavy atom. The van der Waals surface area contributed by atoms with E-state index in [4.69, 9.17) is 16.7 Å². The molecule has 0 aliphatic carbocycles. The lowest BCUT2D eigenvalue weighted by molar-refractivity contribution is 0.190. The van der Waals surface area contributed by atoms with Crippen LogP contribution in [0.4, 0.5) is 0 Å². The minimum absolute atomic E-state index is 0.111. The van der Waals surface area contributed by atoms with Crippen LogP contribution < -0.4 is 0 Å². The summed E-state index contributed by atoms with van der Waals surface area (Å²) in [6.45, 7) is 3.91. The molecule has 11 heavy (non-hydrogen) atoms. The summed E-state index contributed by atoms with van der Waals surface area (Å²) in [5.41, 5.74) is 0.883. The van der Waals surface area contributed by atoms with Crippen LogP contribution in [0.25, 0.3) is 0 Å². The maximum atomic E-state index is 8.82. The van der Waals surface area contributed by atoms with E-state index in [9.17, 15) is 0 Å². The highest BCUT2D eigenvalue weighted by molar-refractivity contribution is 6.31. The van der Waals surface area contributed by atoms with Gasteiger partial charge in [-0.15, -0.1) is 0 Å². The van der Waals surface area contributed by atoms with Crippen molar-refractivity contribution in [3.63, 3.8) is 0 Å². The van der Waals surface area contributed by atoms with Crippen LogP contribution in [0.3, 0.4) is 0 Å². The predicted molar refractivity (Wildman–Crippen MR) is 43.5 cm³/mol. The standard InChI is InChI=1S/C7H11ClN2O/c1-5(2)7-6(8)3-9-10(7)4-11/h3,5,11H,4H2,1-2H3. The number of nitrogens with zero attached hydrogens (tertiary/aromatic N) is 2. The second-order valence-corrected chi connectivity index (χ2v) is 3.08. The monoisotopic (exact) mass is 174 g/mol. The van der Waals surface area contributed by atoms with Crippen molar-refractivity contribution in [3.8, 4) is 0 Å². The molecule has 1 rings (SSSR count). The third-order valence-corrected chi connectivity index (χ3v) is 1.81. The highest BCUT2D eigenvalue weighted by Crippen LogP contribution is 2.22. The summed E-state index contributed by atoms with van der Waals surface area (Å²) >= 11 is 5.82. The first-order valence-corrected chi connectivity index (χ1v) is 3.86. The van der Waals surface area contributed by atoms with Crippen LogP contribution in [0.15, 0.2) is 6.20 Å².